The molecule has 0 radical (unpaired) electrons. The molecule has 1 heterocycles. The number of pyridine rings is 1. The Kier molecular flexibility index (Phi) is 4.12. The molecule has 0 saturated heterocycles. The van der Waals surface area contributed by atoms with Gasteiger partial charge in [-0.1, -0.05) is 15.9 Å². The molecule has 6 heteroatoms. The summed E-state index contributed by atoms with van der Waals surface area (Å²) < 4.78 is 25.1. The van der Waals surface area contributed by atoms with Gasteiger partial charge in [-0.05, 0) is 6.07 Å². The molecule has 1 aromatic rings. The maximum absolute atomic E-state index is 12.6. The summed E-state index contributed by atoms with van der Waals surface area (Å²) in [5.74, 6) is 0. The molecule has 1 aromatic heterocycles. The van der Waals surface area contributed by atoms with Crippen molar-refractivity contribution in [3.8, 4) is 6.07 Å². The summed E-state index contributed by atoms with van der Waals surface area (Å²) in [6.45, 7) is -0.524. The molecular weight excluding hydrogens is 270 g/mol. The number of rotatable bonds is 3. The van der Waals surface area contributed by atoms with E-state index in [1.807, 2.05) is 0 Å². The number of halogens is 3. The summed E-state index contributed by atoms with van der Waals surface area (Å²) in [6.07, 6.45) is -2.74. The van der Waals surface area contributed by atoms with Crippen LogP contribution in [0.1, 0.15) is 28.9 Å². The Labute approximate surface area is 93.5 Å². The highest BCUT2D eigenvalue weighted by molar-refractivity contribution is 9.08. The van der Waals surface area contributed by atoms with Crippen LogP contribution in [-0.2, 0) is 11.9 Å². The van der Waals surface area contributed by atoms with Crippen molar-refractivity contribution < 1.29 is 13.9 Å². The monoisotopic (exact) mass is 276 g/mol. The van der Waals surface area contributed by atoms with E-state index in [4.69, 9.17) is 10.4 Å². The molecule has 15 heavy (non-hydrogen) atoms. The number of hydrogen-bond donors (Lipinski definition) is 1. The van der Waals surface area contributed by atoms with E-state index in [0.717, 1.165) is 6.07 Å². The van der Waals surface area contributed by atoms with Crippen LogP contribution in [0, 0.1) is 11.3 Å². The van der Waals surface area contributed by atoms with Crippen molar-refractivity contribution in [2.45, 2.75) is 18.4 Å². The fraction of sp³-hybridized carbons (Fsp3) is 0.333. The van der Waals surface area contributed by atoms with Gasteiger partial charge in [-0.3, -0.25) is 4.98 Å². The summed E-state index contributed by atoms with van der Waals surface area (Å²) in [7, 11) is 0. The topological polar surface area (TPSA) is 56.9 Å². The van der Waals surface area contributed by atoms with E-state index in [1.54, 1.807) is 6.07 Å². The standard InChI is InChI=1S/C9H7BrF2N2O/c10-2-5-1-6(9(11)12)7(3-13)8(4-15)14-5/h1,9,15H,2,4H2. The van der Waals surface area contributed by atoms with Crippen molar-refractivity contribution in [1.82, 2.24) is 4.98 Å². The molecule has 0 aliphatic carbocycles. The fourth-order valence-corrected chi connectivity index (χ4v) is 1.45. The first-order valence-electron chi connectivity index (χ1n) is 4.01. The van der Waals surface area contributed by atoms with E-state index in [0.29, 0.717) is 11.0 Å². The van der Waals surface area contributed by atoms with E-state index in [1.165, 1.54) is 0 Å². The molecule has 0 amide bonds. The van der Waals surface area contributed by atoms with Crippen LogP contribution < -0.4 is 0 Å². The Balaban J connectivity index is 3.41. The first-order valence-corrected chi connectivity index (χ1v) is 5.14. The Hall–Kier alpha value is -1.06. The van der Waals surface area contributed by atoms with Crippen LogP contribution >= 0.6 is 15.9 Å². The van der Waals surface area contributed by atoms with Gasteiger partial charge in [0.1, 0.15) is 6.07 Å². The van der Waals surface area contributed by atoms with Gasteiger partial charge in [-0.2, -0.15) is 5.26 Å². The summed E-state index contributed by atoms with van der Waals surface area (Å²) >= 11 is 3.08. The van der Waals surface area contributed by atoms with Crippen LogP contribution in [0.15, 0.2) is 6.07 Å². The third-order valence-corrected chi connectivity index (χ3v) is 2.39. The zero-order valence-corrected chi connectivity index (χ0v) is 9.13. The lowest BCUT2D eigenvalue weighted by Gasteiger charge is -2.08. The second-order valence-electron chi connectivity index (χ2n) is 2.73. The Morgan fingerprint density at radius 3 is 2.67 bits per heavy atom. The average molecular weight is 277 g/mol. The maximum atomic E-state index is 12.6. The molecule has 0 atom stereocenters. The fourth-order valence-electron chi connectivity index (χ4n) is 1.16. The maximum Gasteiger partial charge on any atom is 0.265 e. The lowest BCUT2D eigenvalue weighted by Crippen LogP contribution is -2.03. The molecule has 0 unspecified atom stereocenters. The van der Waals surface area contributed by atoms with E-state index in [9.17, 15) is 8.78 Å². The number of alkyl halides is 3. The molecular formula is C9H7BrF2N2O. The van der Waals surface area contributed by atoms with Gasteiger partial charge in [0.25, 0.3) is 6.43 Å². The highest BCUT2D eigenvalue weighted by Gasteiger charge is 2.18. The molecule has 0 saturated carbocycles. The largest absolute Gasteiger partial charge is 0.390 e. The molecule has 0 bridgehead atoms. The second-order valence-corrected chi connectivity index (χ2v) is 3.29. The number of aliphatic hydroxyl groups excluding tert-OH is 1. The quantitative estimate of drug-likeness (QED) is 0.862. The number of nitrogens with zero attached hydrogens (tertiary/aromatic N) is 2. The smallest absolute Gasteiger partial charge is 0.265 e. The molecule has 0 aromatic carbocycles. The van der Waals surface area contributed by atoms with Crippen molar-refractivity contribution in [3.63, 3.8) is 0 Å². The van der Waals surface area contributed by atoms with Gasteiger partial charge in [0, 0.05) is 10.9 Å². The van der Waals surface area contributed by atoms with Crippen molar-refractivity contribution >= 4 is 15.9 Å². The third-order valence-electron chi connectivity index (χ3n) is 1.81. The molecule has 1 N–H and O–H groups in total. The van der Waals surface area contributed by atoms with Crippen molar-refractivity contribution in [2.24, 2.45) is 0 Å². The highest BCUT2D eigenvalue weighted by atomic mass is 79.9. The van der Waals surface area contributed by atoms with Crippen molar-refractivity contribution in [3.05, 3.63) is 28.6 Å². The molecule has 0 aliphatic heterocycles. The zero-order chi connectivity index (χ0) is 11.4. The summed E-state index contributed by atoms with van der Waals surface area (Å²) in [5.41, 5.74) is -0.263. The summed E-state index contributed by atoms with van der Waals surface area (Å²) in [4.78, 5) is 3.87. The van der Waals surface area contributed by atoms with E-state index in [-0.39, 0.29) is 16.8 Å². The first-order chi connectivity index (χ1) is 7.13. The number of aromatic nitrogens is 1. The lowest BCUT2D eigenvalue weighted by atomic mass is 10.1. The van der Waals surface area contributed by atoms with Gasteiger partial charge < -0.3 is 5.11 Å². The summed E-state index contributed by atoms with van der Waals surface area (Å²) in [5, 5.41) is 17.9. The molecule has 1 rings (SSSR count). The van der Waals surface area contributed by atoms with Crippen LogP contribution in [0.25, 0.3) is 0 Å². The van der Waals surface area contributed by atoms with Gasteiger partial charge in [0.2, 0.25) is 0 Å². The van der Waals surface area contributed by atoms with E-state index in [2.05, 4.69) is 20.9 Å². The normalized spacial score (nSPS) is 10.4. The van der Waals surface area contributed by atoms with Crippen LogP contribution in [0.4, 0.5) is 8.78 Å². The van der Waals surface area contributed by atoms with Gasteiger partial charge in [0.15, 0.2) is 0 Å². The molecule has 0 fully saturated rings. The Morgan fingerprint density at radius 1 is 1.60 bits per heavy atom. The van der Waals surface area contributed by atoms with Gasteiger partial charge in [-0.15, -0.1) is 0 Å². The van der Waals surface area contributed by atoms with E-state index >= 15 is 0 Å². The molecule has 0 spiro atoms. The number of nitriles is 1. The predicted molar refractivity (Wildman–Crippen MR) is 52.5 cm³/mol. The van der Waals surface area contributed by atoms with Gasteiger partial charge in [0.05, 0.1) is 23.6 Å². The minimum absolute atomic E-state index is 0.00949. The molecule has 80 valence electrons. The number of aliphatic hydroxyl groups is 1. The zero-order valence-electron chi connectivity index (χ0n) is 7.54. The van der Waals surface area contributed by atoms with Crippen molar-refractivity contribution in [1.29, 1.82) is 5.26 Å². The Morgan fingerprint density at radius 2 is 2.27 bits per heavy atom. The first kappa shape index (κ1) is 12.0. The lowest BCUT2D eigenvalue weighted by molar-refractivity contribution is 0.150. The molecule has 0 aliphatic rings. The minimum atomic E-state index is -2.74. The Bertz CT molecular complexity index is 404. The van der Waals surface area contributed by atoms with Crippen LogP contribution in [0.5, 0.6) is 0 Å². The summed E-state index contributed by atoms with van der Waals surface area (Å²) in [6, 6.07) is 2.79. The van der Waals surface area contributed by atoms with Gasteiger partial charge in [-0.25, -0.2) is 8.78 Å². The molecule has 3 nitrogen and oxygen atoms in total. The van der Waals surface area contributed by atoms with Crippen LogP contribution in [0.3, 0.4) is 0 Å². The highest BCUT2D eigenvalue weighted by Crippen LogP contribution is 2.25. The average Bonchev–Trinajstić information content (AvgIpc) is 2.26. The van der Waals surface area contributed by atoms with Crippen LogP contribution in [-0.4, -0.2) is 10.1 Å². The van der Waals surface area contributed by atoms with Crippen molar-refractivity contribution in [2.75, 3.05) is 0 Å². The second kappa shape index (κ2) is 5.14. The predicted octanol–water partition coefficient (Wildman–Crippen LogP) is 2.28. The van der Waals surface area contributed by atoms with Gasteiger partial charge >= 0.3 is 0 Å². The van der Waals surface area contributed by atoms with E-state index < -0.39 is 13.0 Å². The SMILES string of the molecule is N#Cc1c(C(F)F)cc(CBr)nc1CO. The number of hydrogen-bond acceptors (Lipinski definition) is 3. The minimum Gasteiger partial charge on any atom is -0.390 e. The van der Waals surface area contributed by atoms with Crippen LogP contribution in [0.2, 0.25) is 0 Å². The third kappa shape index (κ3) is 2.49.